The third kappa shape index (κ3) is 7.46. The van der Waals surface area contributed by atoms with Crippen molar-refractivity contribution in [2.24, 2.45) is 0 Å². The Morgan fingerprint density at radius 1 is 0.812 bits per heavy atom. The highest BCUT2D eigenvalue weighted by Gasteiger charge is 2.43. The maximum Gasteiger partial charge on any atom is 0.326 e. The monoisotopic (exact) mass is 655 g/mol. The number of nitrogens with zero attached hydrogens (tertiary/aromatic N) is 3. The molecule has 5 rings (SSSR count). The molecule has 3 aromatic rings. The lowest BCUT2D eigenvalue weighted by atomic mass is 10.1. The first-order chi connectivity index (χ1) is 23.1. The lowest BCUT2D eigenvalue weighted by Crippen LogP contribution is -2.45. The number of aliphatic carboxylic acids is 1. The van der Waals surface area contributed by atoms with Crippen molar-refractivity contribution in [2.45, 2.75) is 38.6 Å². The molecular formula is C35H37N5O8. The molecule has 0 spiro atoms. The molecule has 0 bridgehead atoms. The quantitative estimate of drug-likeness (QED) is 0.278. The van der Waals surface area contributed by atoms with Crippen LogP contribution in [0.3, 0.4) is 0 Å². The van der Waals surface area contributed by atoms with Gasteiger partial charge in [-0.2, -0.15) is 0 Å². The highest BCUT2D eigenvalue weighted by Crippen LogP contribution is 2.28. The number of carbonyl (C=O) groups excluding carboxylic acids is 5. The Labute approximate surface area is 277 Å². The Hall–Kier alpha value is -5.72. The van der Waals surface area contributed by atoms with Gasteiger partial charge in [-0.3, -0.25) is 24.1 Å². The van der Waals surface area contributed by atoms with E-state index in [0.29, 0.717) is 48.7 Å². The molecule has 2 heterocycles. The zero-order valence-electron chi connectivity index (χ0n) is 26.7. The van der Waals surface area contributed by atoms with E-state index in [0.717, 1.165) is 10.5 Å². The smallest absolute Gasteiger partial charge is 0.326 e. The Morgan fingerprint density at radius 2 is 1.42 bits per heavy atom. The summed E-state index contributed by atoms with van der Waals surface area (Å²) in [5.41, 5.74) is 3.01. The van der Waals surface area contributed by atoms with Crippen LogP contribution >= 0.6 is 0 Å². The predicted octanol–water partition coefficient (Wildman–Crippen LogP) is 3.78. The summed E-state index contributed by atoms with van der Waals surface area (Å²) >= 11 is 0. The zero-order chi connectivity index (χ0) is 34.4. The minimum absolute atomic E-state index is 0.0839. The summed E-state index contributed by atoms with van der Waals surface area (Å²) < 4.78 is 5.47. The summed E-state index contributed by atoms with van der Waals surface area (Å²) in [6.45, 7) is 3.26. The lowest BCUT2D eigenvalue weighted by Gasteiger charge is -2.25. The summed E-state index contributed by atoms with van der Waals surface area (Å²) in [6, 6.07) is 16.7. The second-order valence-electron chi connectivity index (χ2n) is 11.6. The number of amides is 6. The Kier molecular flexibility index (Phi) is 10.4. The van der Waals surface area contributed by atoms with Crippen LogP contribution in [0.15, 0.2) is 66.7 Å². The number of carbonyl (C=O) groups is 6. The van der Waals surface area contributed by atoms with E-state index in [9.17, 15) is 33.9 Å². The zero-order valence-corrected chi connectivity index (χ0v) is 26.7. The standard InChI is InChI=1S/C35H37N5O8/c1-22-8-3-6-11-26(22)36-35(47)37-27-13-12-23(20-29(27)48-2)21-31(42)39-17-7-16-38(18-19-39)30(41)15-14-28(34(45)46)40-32(43)24-9-4-5-10-25(24)33(40)44/h3-6,8-13,20,28H,7,14-19,21H2,1-2H3,(H,45,46)(H2,36,37,47). The van der Waals surface area contributed by atoms with Crippen LogP contribution in [0, 0.1) is 6.92 Å². The molecule has 2 aliphatic rings. The van der Waals surface area contributed by atoms with Gasteiger partial charge in [-0.05, 0) is 61.2 Å². The summed E-state index contributed by atoms with van der Waals surface area (Å²) in [5, 5.41) is 15.4. The van der Waals surface area contributed by atoms with E-state index in [1.54, 1.807) is 46.2 Å². The van der Waals surface area contributed by atoms with Crippen LogP contribution in [0.5, 0.6) is 5.75 Å². The first kappa shape index (κ1) is 33.6. The molecule has 2 aliphatic heterocycles. The number of hydrogen-bond acceptors (Lipinski definition) is 7. The van der Waals surface area contributed by atoms with Crippen LogP contribution in [0.25, 0.3) is 0 Å². The molecule has 1 fully saturated rings. The Balaban J connectivity index is 1.13. The highest BCUT2D eigenvalue weighted by atomic mass is 16.5. The summed E-state index contributed by atoms with van der Waals surface area (Å²) in [4.78, 5) is 80.7. The average molecular weight is 656 g/mol. The van der Waals surface area contributed by atoms with Crippen LogP contribution in [-0.4, -0.2) is 94.8 Å². The van der Waals surface area contributed by atoms with Gasteiger partial charge in [0, 0.05) is 38.3 Å². The second-order valence-corrected chi connectivity index (χ2v) is 11.6. The third-order valence-corrected chi connectivity index (χ3v) is 8.52. The molecule has 0 radical (unpaired) electrons. The van der Waals surface area contributed by atoms with E-state index < -0.39 is 29.9 Å². The number of ether oxygens (including phenoxy) is 1. The number of carboxylic acid groups (broad SMARTS) is 1. The number of urea groups is 1. The summed E-state index contributed by atoms with van der Waals surface area (Å²) in [7, 11) is 1.48. The van der Waals surface area contributed by atoms with Gasteiger partial charge < -0.3 is 30.3 Å². The van der Waals surface area contributed by atoms with E-state index in [-0.39, 0.29) is 48.7 Å². The van der Waals surface area contributed by atoms with Gasteiger partial charge in [0.15, 0.2) is 0 Å². The number of methoxy groups -OCH3 is 1. The molecule has 1 saturated heterocycles. The lowest BCUT2D eigenvalue weighted by molar-refractivity contribution is -0.142. The van der Waals surface area contributed by atoms with E-state index >= 15 is 0 Å². The van der Waals surface area contributed by atoms with Crippen molar-refractivity contribution >= 4 is 47.0 Å². The molecule has 3 aromatic carbocycles. The molecular weight excluding hydrogens is 618 g/mol. The van der Waals surface area contributed by atoms with Gasteiger partial charge in [-0.15, -0.1) is 0 Å². The maximum atomic E-state index is 13.3. The van der Waals surface area contributed by atoms with Crippen molar-refractivity contribution in [3.63, 3.8) is 0 Å². The minimum Gasteiger partial charge on any atom is -0.495 e. The molecule has 0 aliphatic carbocycles. The topological polar surface area (TPSA) is 166 Å². The molecule has 1 atom stereocenters. The SMILES string of the molecule is COc1cc(CC(=O)N2CCCN(C(=O)CCC(C(=O)O)N3C(=O)c4ccccc4C3=O)CC2)ccc1NC(=O)Nc1ccccc1C. The first-order valence-electron chi connectivity index (χ1n) is 15.6. The van der Waals surface area contributed by atoms with Gasteiger partial charge in [0.1, 0.15) is 11.8 Å². The number of fused-ring (bicyclic) bond motifs is 1. The molecule has 6 amide bonds. The second kappa shape index (κ2) is 14.8. The van der Waals surface area contributed by atoms with Crippen molar-refractivity contribution in [1.82, 2.24) is 14.7 Å². The summed E-state index contributed by atoms with van der Waals surface area (Å²) in [6.07, 6.45) is 0.210. The molecule has 1 unspecified atom stereocenters. The van der Waals surface area contributed by atoms with Gasteiger partial charge in [0.2, 0.25) is 11.8 Å². The number of hydrogen-bond donors (Lipinski definition) is 3. The van der Waals surface area contributed by atoms with Crippen LogP contribution in [0.4, 0.5) is 16.2 Å². The minimum atomic E-state index is -1.48. The van der Waals surface area contributed by atoms with Crippen molar-refractivity contribution in [2.75, 3.05) is 43.9 Å². The van der Waals surface area contributed by atoms with Gasteiger partial charge in [-0.1, -0.05) is 36.4 Å². The van der Waals surface area contributed by atoms with Crippen LogP contribution in [-0.2, 0) is 20.8 Å². The molecule has 13 heteroatoms. The van der Waals surface area contributed by atoms with Crippen LogP contribution in [0.1, 0.15) is 51.1 Å². The van der Waals surface area contributed by atoms with Crippen molar-refractivity contribution < 1.29 is 38.6 Å². The molecule has 13 nitrogen and oxygen atoms in total. The number of para-hydroxylation sites is 1. The van der Waals surface area contributed by atoms with Gasteiger partial charge in [0.25, 0.3) is 11.8 Å². The van der Waals surface area contributed by atoms with Crippen LogP contribution in [0.2, 0.25) is 0 Å². The first-order valence-corrected chi connectivity index (χ1v) is 15.6. The normalized spacial score (nSPS) is 15.0. The number of benzene rings is 3. The van der Waals surface area contributed by atoms with Gasteiger partial charge in [-0.25, -0.2) is 9.59 Å². The van der Waals surface area contributed by atoms with E-state index in [2.05, 4.69) is 10.6 Å². The number of carboxylic acids is 1. The van der Waals surface area contributed by atoms with Gasteiger partial charge in [0.05, 0.1) is 30.3 Å². The van der Waals surface area contributed by atoms with E-state index in [1.807, 2.05) is 25.1 Å². The number of nitrogens with one attached hydrogen (secondary N) is 2. The van der Waals surface area contributed by atoms with E-state index in [4.69, 9.17) is 4.74 Å². The third-order valence-electron chi connectivity index (χ3n) is 8.52. The average Bonchev–Trinajstić information content (AvgIpc) is 3.21. The van der Waals surface area contributed by atoms with Crippen LogP contribution < -0.4 is 15.4 Å². The fourth-order valence-corrected chi connectivity index (χ4v) is 5.91. The van der Waals surface area contributed by atoms with Crippen molar-refractivity contribution in [1.29, 1.82) is 0 Å². The molecule has 3 N–H and O–H groups in total. The fourth-order valence-electron chi connectivity index (χ4n) is 5.91. The number of anilines is 2. The number of aryl methyl sites for hydroxylation is 1. The Bertz CT molecular complexity index is 1720. The number of imide groups is 1. The fraction of sp³-hybridized carbons (Fsp3) is 0.314. The molecule has 250 valence electrons. The van der Waals surface area contributed by atoms with Crippen molar-refractivity contribution in [3.05, 3.63) is 89.0 Å². The maximum absolute atomic E-state index is 13.3. The Morgan fingerprint density at radius 3 is 2.04 bits per heavy atom. The molecule has 0 saturated carbocycles. The summed E-state index contributed by atoms with van der Waals surface area (Å²) in [5.74, 6) is -2.80. The highest BCUT2D eigenvalue weighted by molar-refractivity contribution is 6.22. The van der Waals surface area contributed by atoms with Gasteiger partial charge >= 0.3 is 12.0 Å². The predicted molar refractivity (Wildman–Crippen MR) is 176 cm³/mol. The van der Waals surface area contributed by atoms with Crippen molar-refractivity contribution in [3.8, 4) is 5.75 Å². The number of rotatable bonds is 10. The van der Waals surface area contributed by atoms with E-state index in [1.165, 1.54) is 19.2 Å². The molecule has 48 heavy (non-hydrogen) atoms. The molecule has 0 aromatic heterocycles. The largest absolute Gasteiger partial charge is 0.495 e.